The van der Waals surface area contributed by atoms with Crippen LogP contribution in [0.5, 0.6) is 11.5 Å². The minimum Gasteiger partial charge on any atom is -0.497 e. The monoisotopic (exact) mass is 519 g/mol. The Morgan fingerprint density at radius 1 is 1.05 bits per heavy atom. The van der Waals surface area contributed by atoms with Crippen molar-refractivity contribution in [3.05, 3.63) is 63.3 Å². The molecule has 8 heteroatoms. The number of methoxy groups -OCH3 is 2. The molecule has 2 N–H and O–H groups in total. The van der Waals surface area contributed by atoms with Gasteiger partial charge in [0.05, 0.1) is 25.4 Å². The predicted octanol–water partition coefficient (Wildman–Crippen LogP) is 5.31. The molecule has 0 radical (unpaired) electrons. The number of nitrogens with one attached hydrogen (secondary N) is 2. The number of benzene rings is 2. The van der Waals surface area contributed by atoms with Gasteiger partial charge in [-0.3, -0.25) is 9.59 Å². The first-order valence-electron chi connectivity index (χ1n) is 12.4. The first-order chi connectivity index (χ1) is 17.9. The fourth-order valence-electron chi connectivity index (χ4n) is 4.45. The van der Waals surface area contributed by atoms with Gasteiger partial charge in [0, 0.05) is 45.7 Å². The van der Waals surface area contributed by atoms with E-state index in [-0.39, 0.29) is 11.8 Å². The third-order valence-corrected chi connectivity index (χ3v) is 7.60. The van der Waals surface area contributed by atoms with Crippen molar-refractivity contribution < 1.29 is 19.1 Å². The second kappa shape index (κ2) is 11.6. The van der Waals surface area contributed by atoms with E-state index >= 15 is 0 Å². The summed E-state index contributed by atoms with van der Waals surface area (Å²) in [6, 6.07) is 13.4. The van der Waals surface area contributed by atoms with Gasteiger partial charge >= 0.3 is 0 Å². The largest absolute Gasteiger partial charge is 0.497 e. The molecule has 194 valence electrons. The lowest BCUT2D eigenvalue weighted by Gasteiger charge is -2.17. The van der Waals surface area contributed by atoms with Crippen LogP contribution in [0.15, 0.2) is 42.5 Å². The lowest BCUT2D eigenvalue weighted by atomic mass is 9.99. The van der Waals surface area contributed by atoms with Gasteiger partial charge < -0.3 is 25.0 Å². The third kappa shape index (κ3) is 5.70. The van der Waals surface area contributed by atoms with E-state index in [0.717, 1.165) is 51.8 Å². The number of carbonyl (C=O) groups excluding carboxylic acids is 2. The molecule has 2 amide bonds. The zero-order valence-electron chi connectivity index (χ0n) is 21.9. The number of amides is 2. The summed E-state index contributed by atoms with van der Waals surface area (Å²) in [5, 5.41) is 6.00. The van der Waals surface area contributed by atoms with Gasteiger partial charge in [-0.2, -0.15) is 0 Å². The van der Waals surface area contributed by atoms with Gasteiger partial charge in [-0.15, -0.1) is 11.3 Å². The van der Waals surface area contributed by atoms with Gasteiger partial charge in [-0.25, -0.2) is 0 Å². The minimum atomic E-state index is -0.162. The van der Waals surface area contributed by atoms with Crippen molar-refractivity contribution >= 4 is 40.5 Å². The molecule has 0 fully saturated rings. The maximum absolute atomic E-state index is 12.9. The van der Waals surface area contributed by atoms with Crippen LogP contribution in [0.25, 0.3) is 22.8 Å². The summed E-state index contributed by atoms with van der Waals surface area (Å²) in [5.41, 5.74) is 4.64. The third-order valence-electron chi connectivity index (χ3n) is 6.60. The molecular formula is C29H33N3O4S. The highest BCUT2D eigenvalue weighted by Crippen LogP contribution is 2.40. The first-order valence-corrected chi connectivity index (χ1v) is 13.2. The first kappa shape index (κ1) is 26.4. The maximum Gasteiger partial charge on any atom is 0.256 e. The van der Waals surface area contributed by atoms with E-state index < -0.39 is 0 Å². The van der Waals surface area contributed by atoms with E-state index in [1.807, 2.05) is 55.5 Å². The van der Waals surface area contributed by atoms with E-state index in [1.165, 1.54) is 11.3 Å². The zero-order valence-corrected chi connectivity index (χ0v) is 22.8. The van der Waals surface area contributed by atoms with Gasteiger partial charge in [0.15, 0.2) is 0 Å². The van der Waals surface area contributed by atoms with E-state index in [0.29, 0.717) is 29.2 Å². The van der Waals surface area contributed by atoms with Gasteiger partial charge in [-0.05, 0) is 55.9 Å². The quantitative estimate of drug-likeness (QED) is 0.355. The summed E-state index contributed by atoms with van der Waals surface area (Å²) < 4.78 is 10.8. The SMILES string of the molecule is CCN(CC)CCNC(=O)c1cc(/C=C2\C(=O)Nc3cc(-c4ccc(OC)cc4OC)ccc32)sc1C. The minimum absolute atomic E-state index is 0.0834. The Bertz CT molecular complexity index is 1340. The molecular weight excluding hydrogens is 486 g/mol. The summed E-state index contributed by atoms with van der Waals surface area (Å²) in [5.74, 6) is 1.16. The molecule has 0 saturated heterocycles. The molecule has 2 aromatic carbocycles. The summed E-state index contributed by atoms with van der Waals surface area (Å²) in [7, 11) is 3.24. The Kier molecular flexibility index (Phi) is 8.31. The average Bonchev–Trinajstić information content (AvgIpc) is 3.44. The van der Waals surface area contributed by atoms with Crippen molar-refractivity contribution in [3.63, 3.8) is 0 Å². The molecule has 2 heterocycles. The Morgan fingerprint density at radius 3 is 2.51 bits per heavy atom. The number of hydrogen-bond acceptors (Lipinski definition) is 6. The smallest absolute Gasteiger partial charge is 0.256 e. The fraction of sp³-hybridized carbons (Fsp3) is 0.310. The van der Waals surface area contributed by atoms with Gasteiger partial charge in [0.1, 0.15) is 11.5 Å². The van der Waals surface area contributed by atoms with Gasteiger partial charge in [0.2, 0.25) is 0 Å². The molecule has 0 bridgehead atoms. The van der Waals surface area contributed by atoms with Crippen LogP contribution in [0.3, 0.4) is 0 Å². The molecule has 0 spiro atoms. The van der Waals surface area contributed by atoms with Crippen molar-refractivity contribution in [1.82, 2.24) is 10.2 Å². The highest BCUT2D eigenvalue weighted by molar-refractivity contribution is 7.13. The van der Waals surface area contributed by atoms with Gasteiger partial charge in [0.25, 0.3) is 11.8 Å². The number of ether oxygens (including phenoxy) is 2. The average molecular weight is 520 g/mol. The zero-order chi connectivity index (χ0) is 26.5. The van der Waals surface area contributed by atoms with Crippen LogP contribution in [0, 0.1) is 6.92 Å². The molecule has 0 unspecified atom stereocenters. The molecule has 37 heavy (non-hydrogen) atoms. The molecule has 4 rings (SSSR count). The van der Waals surface area contributed by atoms with Crippen LogP contribution in [-0.4, -0.2) is 57.1 Å². The van der Waals surface area contributed by atoms with Crippen LogP contribution in [0.1, 0.15) is 39.5 Å². The van der Waals surface area contributed by atoms with Crippen LogP contribution in [-0.2, 0) is 4.79 Å². The van der Waals surface area contributed by atoms with Crippen LogP contribution >= 0.6 is 11.3 Å². The van der Waals surface area contributed by atoms with Crippen molar-refractivity contribution in [2.45, 2.75) is 20.8 Å². The van der Waals surface area contributed by atoms with Crippen LogP contribution < -0.4 is 20.1 Å². The molecule has 0 saturated carbocycles. The highest BCUT2D eigenvalue weighted by atomic mass is 32.1. The Hall–Kier alpha value is -3.62. The predicted molar refractivity (Wildman–Crippen MR) is 151 cm³/mol. The second-order valence-electron chi connectivity index (χ2n) is 8.74. The van der Waals surface area contributed by atoms with Crippen molar-refractivity contribution in [2.75, 3.05) is 45.7 Å². The van der Waals surface area contributed by atoms with Crippen LogP contribution in [0.2, 0.25) is 0 Å². The van der Waals surface area contributed by atoms with E-state index in [4.69, 9.17) is 9.47 Å². The summed E-state index contributed by atoms with van der Waals surface area (Å²) in [6.45, 7) is 9.50. The Labute approximate surface area is 222 Å². The topological polar surface area (TPSA) is 79.9 Å². The molecule has 7 nitrogen and oxygen atoms in total. The number of aryl methyl sites for hydroxylation is 1. The Morgan fingerprint density at radius 2 is 1.81 bits per heavy atom. The number of carbonyl (C=O) groups is 2. The van der Waals surface area contributed by atoms with E-state index in [1.54, 1.807) is 14.2 Å². The lowest BCUT2D eigenvalue weighted by molar-refractivity contribution is -0.110. The normalized spacial score (nSPS) is 13.6. The number of anilines is 1. The number of rotatable bonds is 10. The molecule has 1 aliphatic rings. The molecule has 1 aliphatic heterocycles. The summed E-state index contributed by atoms with van der Waals surface area (Å²) in [6.07, 6.45) is 1.86. The van der Waals surface area contributed by atoms with E-state index in [9.17, 15) is 9.59 Å². The fourth-order valence-corrected chi connectivity index (χ4v) is 5.42. The highest BCUT2D eigenvalue weighted by Gasteiger charge is 2.25. The number of thiophene rings is 1. The number of hydrogen-bond donors (Lipinski definition) is 2. The Balaban J connectivity index is 1.55. The molecule has 0 aliphatic carbocycles. The van der Waals surface area contributed by atoms with Crippen LogP contribution in [0.4, 0.5) is 5.69 Å². The van der Waals surface area contributed by atoms with E-state index in [2.05, 4.69) is 29.4 Å². The summed E-state index contributed by atoms with van der Waals surface area (Å²) >= 11 is 1.51. The van der Waals surface area contributed by atoms with Crippen molar-refractivity contribution in [2.24, 2.45) is 0 Å². The van der Waals surface area contributed by atoms with Crippen molar-refractivity contribution in [3.8, 4) is 22.6 Å². The summed E-state index contributed by atoms with van der Waals surface area (Å²) in [4.78, 5) is 29.7. The maximum atomic E-state index is 12.9. The number of nitrogens with zero attached hydrogens (tertiary/aromatic N) is 1. The second-order valence-corrected chi connectivity index (χ2v) is 10.0. The number of likely N-dealkylation sites (N-methyl/N-ethyl adjacent to an activating group) is 1. The molecule has 0 atom stereocenters. The van der Waals surface area contributed by atoms with Crippen molar-refractivity contribution in [1.29, 1.82) is 0 Å². The lowest BCUT2D eigenvalue weighted by Crippen LogP contribution is -2.34. The van der Waals surface area contributed by atoms with Gasteiger partial charge in [-0.1, -0.05) is 26.0 Å². The molecule has 1 aromatic heterocycles. The standard InChI is InChI=1S/C29H33N3O4S/c1-6-32(7-2)13-12-30-28(33)24-16-21(37-18(24)3)17-25-23-10-8-19(14-26(23)31-29(25)34)22-11-9-20(35-4)15-27(22)36-5/h8-11,14-17H,6-7,12-13H2,1-5H3,(H,30,33)(H,31,34)/b25-17-. The molecule has 3 aromatic rings. The number of fused-ring (bicyclic) bond motifs is 1.